The topological polar surface area (TPSA) is 119 Å². The first-order valence-electron chi connectivity index (χ1n) is 11.8. The van der Waals surface area contributed by atoms with E-state index in [0.29, 0.717) is 41.7 Å². The number of phenols is 1. The lowest BCUT2D eigenvalue weighted by molar-refractivity contribution is 0.0235. The molecule has 1 aromatic carbocycles. The number of aromatic hydroxyl groups is 1. The van der Waals surface area contributed by atoms with Gasteiger partial charge in [0.1, 0.15) is 28.5 Å². The number of likely N-dealkylation sites (tertiary alicyclic amines) is 1. The van der Waals surface area contributed by atoms with E-state index in [1.54, 1.807) is 54.9 Å². The van der Waals surface area contributed by atoms with Crippen molar-refractivity contribution in [2.75, 3.05) is 25.5 Å². The minimum atomic E-state index is -0.557. The maximum atomic E-state index is 12.7. The van der Waals surface area contributed by atoms with Gasteiger partial charge in [-0.2, -0.15) is 4.98 Å². The zero-order chi connectivity index (χ0) is 25.7. The van der Waals surface area contributed by atoms with Crippen molar-refractivity contribution in [3.05, 3.63) is 48.9 Å². The third-order valence-electron chi connectivity index (χ3n) is 5.53. The van der Waals surface area contributed by atoms with E-state index in [9.17, 15) is 9.90 Å². The number of nitrogens with one attached hydrogen (secondary N) is 1. The highest BCUT2D eigenvalue weighted by Gasteiger charge is 2.32. The van der Waals surface area contributed by atoms with Crippen LogP contribution in [0.15, 0.2) is 48.9 Å². The van der Waals surface area contributed by atoms with Gasteiger partial charge < -0.3 is 29.5 Å². The Kier molecular flexibility index (Phi) is 7.42. The van der Waals surface area contributed by atoms with Gasteiger partial charge in [-0.3, -0.25) is 4.98 Å². The number of methoxy groups -OCH3 is 1. The number of benzene rings is 1. The summed E-state index contributed by atoms with van der Waals surface area (Å²) < 4.78 is 16.9. The van der Waals surface area contributed by atoms with Crippen LogP contribution in [0.3, 0.4) is 0 Å². The minimum Gasteiger partial charge on any atom is -0.508 e. The fourth-order valence-electron chi connectivity index (χ4n) is 3.85. The predicted molar refractivity (Wildman–Crippen MR) is 134 cm³/mol. The van der Waals surface area contributed by atoms with Crippen LogP contribution in [0.2, 0.25) is 0 Å². The predicted octanol–water partition coefficient (Wildman–Crippen LogP) is 4.86. The van der Waals surface area contributed by atoms with Crippen LogP contribution in [-0.2, 0) is 4.74 Å². The zero-order valence-electron chi connectivity index (χ0n) is 20.9. The molecule has 1 saturated heterocycles. The molecule has 10 nitrogen and oxygen atoms in total. The Morgan fingerprint density at radius 2 is 2.03 bits per heavy atom. The van der Waals surface area contributed by atoms with Crippen molar-refractivity contribution in [1.82, 2.24) is 19.9 Å². The smallest absolute Gasteiger partial charge is 0.410 e. The molecular formula is C26H31N5O5. The van der Waals surface area contributed by atoms with Gasteiger partial charge in [0.05, 0.1) is 25.5 Å². The first-order chi connectivity index (χ1) is 17.2. The molecule has 3 heterocycles. The molecule has 1 atom stereocenters. The largest absolute Gasteiger partial charge is 0.508 e. The first kappa shape index (κ1) is 25.0. The second-order valence-corrected chi connectivity index (χ2v) is 9.48. The Morgan fingerprint density at radius 3 is 2.78 bits per heavy atom. The fourth-order valence-corrected chi connectivity index (χ4v) is 3.85. The molecule has 3 aromatic rings. The summed E-state index contributed by atoms with van der Waals surface area (Å²) in [6.07, 6.45) is 6.30. The number of aromatic nitrogens is 3. The van der Waals surface area contributed by atoms with E-state index in [1.807, 2.05) is 20.8 Å². The van der Waals surface area contributed by atoms with E-state index in [0.717, 1.165) is 12.8 Å². The quantitative estimate of drug-likeness (QED) is 0.476. The van der Waals surface area contributed by atoms with E-state index in [1.165, 1.54) is 6.07 Å². The third-order valence-corrected chi connectivity index (χ3v) is 5.53. The van der Waals surface area contributed by atoms with Gasteiger partial charge in [0.15, 0.2) is 5.82 Å². The van der Waals surface area contributed by atoms with Crippen molar-refractivity contribution >= 4 is 11.8 Å². The number of carbonyl (C=O) groups excluding carboxylic acids is 1. The fraction of sp³-hybridized carbons (Fsp3) is 0.385. The molecule has 1 unspecified atom stereocenters. The minimum absolute atomic E-state index is 0.0456. The number of phenolic OH excluding ortho intramolecular Hbond substituents is 1. The van der Waals surface area contributed by atoms with Gasteiger partial charge in [0.25, 0.3) is 0 Å². The van der Waals surface area contributed by atoms with Crippen molar-refractivity contribution in [1.29, 1.82) is 0 Å². The molecule has 1 aliphatic heterocycles. The Labute approximate surface area is 210 Å². The molecule has 10 heteroatoms. The second kappa shape index (κ2) is 10.7. The maximum absolute atomic E-state index is 12.7. The molecular weight excluding hydrogens is 462 g/mol. The number of nitrogens with zero attached hydrogens (tertiary/aromatic N) is 4. The number of hydrogen-bond donors (Lipinski definition) is 2. The molecule has 1 fully saturated rings. The highest BCUT2D eigenvalue weighted by atomic mass is 16.6. The molecule has 2 aromatic heterocycles. The third kappa shape index (κ3) is 6.32. The Hall–Kier alpha value is -4.08. The number of ether oxygens (including phenoxy) is 3. The zero-order valence-corrected chi connectivity index (χ0v) is 20.9. The summed E-state index contributed by atoms with van der Waals surface area (Å²) in [5, 5.41) is 13.2. The van der Waals surface area contributed by atoms with Gasteiger partial charge in [-0.25, -0.2) is 9.78 Å². The SMILES string of the molecule is COc1cncc(-c2ncc(NCC3CCCN3C(=O)OC(C)(C)C)c(Oc3cccc(O)c3)n2)c1. The van der Waals surface area contributed by atoms with Crippen LogP contribution in [0, 0.1) is 0 Å². The van der Waals surface area contributed by atoms with Crippen LogP contribution in [0.1, 0.15) is 33.6 Å². The number of pyridine rings is 1. The molecule has 2 N–H and O–H groups in total. The average molecular weight is 494 g/mol. The lowest BCUT2D eigenvalue weighted by atomic mass is 10.2. The summed E-state index contributed by atoms with van der Waals surface area (Å²) in [5.74, 6) is 1.75. The number of carbonyl (C=O) groups is 1. The Balaban J connectivity index is 1.57. The van der Waals surface area contributed by atoms with Gasteiger partial charge in [0, 0.05) is 30.9 Å². The molecule has 4 rings (SSSR count). The summed E-state index contributed by atoms with van der Waals surface area (Å²) in [6, 6.07) is 8.20. The molecule has 0 bridgehead atoms. The standard InChI is InChI=1S/C26H31N5O5/c1-26(2,3)36-25(33)31-10-6-7-18(31)14-28-22-16-29-23(17-11-21(34-4)15-27-13-17)30-24(22)35-20-9-5-8-19(32)12-20/h5,8-9,11-13,15-16,18,28,32H,6-7,10,14H2,1-4H3. The summed E-state index contributed by atoms with van der Waals surface area (Å²) >= 11 is 0. The molecule has 0 radical (unpaired) electrons. The van der Waals surface area contributed by atoms with E-state index in [2.05, 4.69) is 20.3 Å². The van der Waals surface area contributed by atoms with Gasteiger partial charge in [-0.05, 0) is 51.8 Å². The highest BCUT2D eigenvalue weighted by molar-refractivity contribution is 5.69. The van der Waals surface area contributed by atoms with Gasteiger partial charge in [-0.15, -0.1) is 0 Å². The average Bonchev–Trinajstić information content (AvgIpc) is 3.31. The lowest BCUT2D eigenvalue weighted by Gasteiger charge is -2.29. The molecule has 1 amide bonds. The number of amides is 1. The van der Waals surface area contributed by atoms with Crippen molar-refractivity contribution in [3.63, 3.8) is 0 Å². The van der Waals surface area contributed by atoms with E-state index < -0.39 is 5.60 Å². The maximum Gasteiger partial charge on any atom is 0.410 e. The van der Waals surface area contributed by atoms with Crippen LogP contribution in [0.4, 0.5) is 10.5 Å². The summed E-state index contributed by atoms with van der Waals surface area (Å²) in [5.41, 5.74) is 0.654. The van der Waals surface area contributed by atoms with Crippen LogP contribution >= 0.6 is 0 Å². The normalized spacial score (nSPS) is 15.4. The van der Waals surface area contributed by atoms with Crippen molar-refractivity contribution in [2.45, 2.75) is 45.3 Å². The number of rotatable bonds is 7. The summed E-state index contributed by atoms with van der Waals surface area (Å²) in [4.78, 5) is 27.7. The van der Waals surface area contributed by atoms with Crippen LogP contribution in [-0.4, -0.2) is 62.9 Å². The summed E-state index contributed by atoms with van der Waals surface area (Å²) in [6.45, 7) is 6.69. The lowest BCUT2D eigenvalue weighted by Crippen LogP contribution is -2.42. The molecule has 0 spiro atoms. The van der Waals surface area contributed by atoms with Gasteiger partial charge in [0.2, 0.25) is 5.88 Å². The second-order valence-electron chi connectivity index (χ2n) is 9.48. The molecule has 190 valence electrons. The number of anilines is 1. The van der Waals surface area contributed by atoms with Crippen molar-refractivity contribution < 1.29 is 24.1 Å². The van der Waals surface area contributed by atoms with Gasteiger partial charge in [-0.1, -0.05) is 6.07 Å². The first-order valence-corrected chi connectivity index (χ1v) is 11.8. The molecule has 0 aliphatic carbocycles. The van der Waals surface area contributed by atoms with E-state index >= 15 is 0 Å². The van der Waals surface area contributed by atoms with Crippen LogP contribution in [0.5, 0.6) is 23.1 Å². The molecule has 36 heavy (non-hydrogen) atoms. The van der Waals surface area contributed by atoms with Gasteiger partial charge >= 0.3 is 6.09 Å². The van der Waals surface area contributed by atoms with E-state index in [-0.39, 0.29) is 23.8 Å². The van der Waals surface area contributed by atoms with Crippen LogP contribution in [0.25, 0.3) is 11.4 Å². The van der Waals surface area contributed by atoms with Crippen molar-refractivity contribution in [3.8, 4) is 34.5 Å². The van der Waals surface area contributed by atoms with Crippen molar-refractivity contribution in [2.24, 2.45) is 0 Å². The monoisotopic (exact) mass is 493 g/mol. The van der Waals surface area contributed by atoms with E-state index in [4.69, 9.17) is 14.2 Å². The highest BCUT2D eigenvalue weighted by Crippen LogP contribution is 2.32. The number of hydrogen-bond acceptors (Lipinski definition) is 9. The molecule has 1 aliphatic rings. The summed E-state index contributed by atoms with van der Waals surface area (Å²) in [7, 11) is 1.56. The van der Waals surface area contributed by atoms with Crippen LogP contribution < -0.4 is 14.8 Å². The Bertz CT molecular complexity index is 1210. The molecule has 0 saturated carbocycles. The Morgan fingerprint density at radius 1 is 1.19 bits per heavy atom.